The molecule has 0 saturated carbocycles. The number of carbonyl (C=O) groups excluding carboxylic acids is 1. The van der Waals surface area contributed by atoms with E-state index in [1.54, 1.807) is 43.3 Å². The third kappa shape index (κ3) is 7.80. The number of carbonyl (C=O) groups is 1. The van der Waals surface area contributed by atoms with E-state index in [2.05, 4.69) is 6.07 Å². The predicted molar refractivity (Wildman–Crippen MR) is 123 cm³/mol. The van der Waals surface area contributed by atoms with Crippen molar-refractivity contribution in [1.82, 2.24) is 0 Å². The van der Waals surface area contributed by atoms with Gasteiger partial charge in [-0.2, -0.15) is 10.5 Å². The lowest BCUT2D eigenvalue weighted by molar-refractivity contribution is -0.116. The number of nitriles is 2. The molecule has 3 rings (SSSR count). The molecule has 0 amide bonds. The van der Waals surface area contributed by atoms with Gasteiger partial charge in [0.05, 0.1) is 23.3 Å². The van der Waals surface area contributed by atoms with Crippen molar-refractivity contribution in [3.05, 3.63) is 106 Å². The Labute approximate surface area is 188 Å². The Kier molecular flexibility index (Phi) is 9.29. The minimum atomic E-state index is -0.238. The van der Waals surface area contributed by atoms with E-state index in [4.69, 9.17) is 16.3 Å². The van der Waals surface area contributed by atoms with Crippen LogP contribution in [0.15, 0.2) is 72.8 Å². The van der Waals surface area contributed by atoms with Crippen molar-refractivity contribution in [3.63, 3.8) is 0 Å². The van der Waals surface area contributed by atoms with Crippen LogP contribution in [0.2, 0.25) is 0 Å². The van der Waals surface area contributed by atoms with Crippen molar-refractivity contribution in [2.45, 2.75) is 38.6 Å². The number of nitrogens with zero attached hydrogens (tertiary/aromatic N) is 2. The molecule has 0 heterocycles. The van der Waals surface area contributed by atoms with E-state index >= 15 is 0 Å². The second-order valence-corrected chi connectivity index (χ2v) is 7.72. The lowest BCUT2D eigenvalue weighted by Gasteiger charge is -2.21. The van der Waals surface area contributed by atoms with Crippen LogP contribution < -0.4 is 5.73 Å². The van der Waals surface area contributed by atoms with Gasteiger partial charge in [-0.25, -0.2) is 4.39 Å². The third-order valence-corrected chi connectivity index (χ3v) is 4.96. The van der Waals surface area contributed by atoms with Crippen LogP contribution in [0.4, 0.5) is 4.39 Å². The van der Waals surface area contributed by atoms with E-state index < -0.39 is 0 Å². The van der Waals surface area contributed by atoms with Crippen molar-refractivity contribution in [3.8, 4) is 12.1 Å². The van der Waals surface area contributed by atoms with Crippen LogP contribution in [0.3, 0.4) is 0 Å². The average Bonchev–Trinajstić information content (AvgIpc) is 2.78. The summed E-state index contributed by atoms with van der Waals surface area (Å²) in [7, 11) is 0. The van der Waals surface area contributed by atoms with Crippen molar-refractivity contribution < 1.29 is 9.18 Å². The second kappa shape index (κ2) is 12.2. The van der Waals surface area contributed by atoms with Gasteiger partial charge in [-0.05, 0) is 73.4 Å². The number of benzene rings is 3. The molecule has 3 aromatic rings. The summed E-state index contributed by atoms with van der Waals surface area (Å²) in [4.78, 5) is 10.7. The number of halogens is 1. The fraction of sp³-hybridized carbons (Fsp3) is 0.222. The normalized spacial score (nSPS) is 11.8. The summed E-state index contributed by atoms with van der Waals surface area (Å²) in [5.41, 5.74) is 10.3. The highest BCUT2D eigenvalue weighted by atomic mass is 19.1. The summed E-state index contributed by atoms with van der Waals surface area (Å²) < 4.78 is 12.9. The molecule has 0 aromatic heterocycles. The Morgan fingerprint density at radius 2 is 1.53 bits per heavy atom. The fourth-order valence-electron chi connectivity index (χ4n) is 3.36. The highest BCUT2D eigenvalue weighted by Crippen LogP contribution is 2.24. The molecule has 4 nitrogen and oxygen atoms in total. The van der Waals surface area contributed by atoms with Crippen molar-refractivity contribution in [2.24, 2.45) is 5.73 Å². The smallest absolute Gasteiger partial charge is 0.134 e. The van der Waals surface area contributed by atoms with Gasteiger partial charge in [-0.15, -0.1) is 0 Å². The van der Waals surface area contributed by atoms with Crippen LogP contribution in [-0.2, 0) is 17.6 Å². The molecule has 0 aliphatic carbocycles. The summed E-state index contributed by atoms with van der Waals surface area (Å²) in [5.74, 6) is -0.0172. The van der Waals surface area contributed by atoms with E-state index in [0.29, 0.717) is 17.5 Å². The molecule has 5 heteroatoms. The quantitative estimate of drug-likeness (QED) is 0.595. The van der Waals surface area contributed by atoms with E-state index in [-0.39, 0.29) is 23.6 Å². The van der Waals surface area contributed by atoms with Crippen LogP contribution in [-0.4, -0.2) is 11.8 Å². The molecule has 0 fully saturated rings. The van der Waals surface area contributed by atoms with Gasteiger partial charge in [0.25, 0.3) is 0 Å². The van der Waals surface area contributed by atoms with Crippen molar-refractivity contribution in [2.75, 3.05) is 0 Å². The molecule has 32 heavy (non-hydrogen) atoms. The highest BCUT2D eigenvalue weighted by Gasteiger charge is 2.17. The maximum Gasteiger partial charge on any atom is 0.134 e. The molecule has 162 valence electrons. The minimum Gasteiger partial charge on any atom is -0.327 e. The van der Waals surface area contributed by atoms with Crippen LogP contribution >= 0.6 is 0 Å². The first-order chi connectivity index (χ1) is 15.3. The van der Waals surface area contributed by atoms with Gasteiger partial charge in [0.2, 0.25) is 0 Å². The van der Waals surface area contributed by atoms with Crippen LogP contribution in [0, 0.1) is 28.5 Å². The molecular weight excluding hydrogens is 401 g/mol. The van der Waals surface area contributed by atoms with E-state index in [0.717, 1.165) is 23.1 Å². The minimum absolute atomic E-state index is 0.0472. The topological polar surface area (TPSA) is 90.7 Å². The lowest BCUT2D eigenvalue weighted by atomic mass is 9.86. The van der Waals surface area contributed by atoms with Crippen LogP contribution in [0.1, 0.15) is 47.6 Å². The number of ketones is 1. The maximum atomic E-state index is 12.9. The van der Waals surface area contributed by atoms with Gasteiger partial charge in [0.1, 0.15) is 11.6 Å². The monoisotopic (exact) mass is 427 g/mol. The zero-order valence-corrected chi connectivity index (χ0v) is 18.3. The van der Waals surface area contributed by atoms with Gasteiger partial charge in [-0.1, -0.05) is 36.4 Å². The van der Waals surface area contributed by atoms with Crippen molar-refractivity contribution >= 4 is 5.78 Å². The number of rotatable bonds is 6. The molecule has 0 saturated heterocycles. The van der Waals surface area contributed by atoms with Gasteiger partial charge in [-0.3, -0.25) is 4.79 Å². The zero-order chi connectivity index (χ0) is 23.5. The zero-order valence-electron chi connectivity index (χ0n) is 18.3. The Morgan fingerprint density at radius 1 is 0.938 bits per heavy atom. The first-order valence-corrected chi connectivity index (χ1v) is 10.3. The largest absolute Gasteiger partial charge is 0.327 e. The number of hydrogen-bond acceptors (Lipinski definition) is 4. The Balaban J connectivity index is 0.000000258. The number of hydrogen-bond donors (Lipinski definition) is 1. The van der Waals surface area contributed by atoms with E-state index in [1.165, 1.54) is 12.1 Å². The van der Waals surface area contributed by atoms with Crippen LogP contribution in [0.5, 0.6) is 0 Å². The van der Waals surface area contributed by atoms with Gasteiger partial charge < -0.3 is 5.73 Å². The summed E-state index contributed by atoms with van der Waals surface area (Å²) in [6, 6.07) is 25.2. The Bertz CT molecular complexity index is 1120. The van der Waals surface area contributed by atoms with Gasteiger partial charge in [0, 0.05) is 18.4 Å². The first kappa shape index (κ1) is 24.5. The average molecular weight is 428 g/mol. The third-order valence-electron chi connectivity index (χ3n) is 4.96. The highest BCUT2D eigenvalue weighted by molar-refractivity contribution is 5.78. The molecule has 0 bridgehead atoms. The summed E-state index contributed by atoms with van der Waals surface area (Å²) >= 11 is 0. The standard InChI is InChI=1S/C17H17FN2.C10H9NO/c1-12(20)17(10-13-5-7-16(18)8-6-13)15-4-2-3-14(9-15)11-19;1-8(12)5-9-3-2-4-10(6-9)7-11/h2-9,12,17H,10,20H2,1H3;2-4,6H,5H2,1H3. The Hall–Kier alpha value is -3.80. The van der Waals surface area contributed by atoms with Gasteiger partial charge in [0.15, 0.2) is 0 Å². The summed E-state index contributed by atoms with van der Waals surface area (Å²) in [6.45, 7) is 3.49. The molecule has 2 unspecified atom stereocenters. The fourth-order valence-corrected chi connectivity index (χ4v) is 3.36. The molecule has 0 aliphatic rings. The van der Waals surface area contributed by atoms with Crippen molar-refractivity contribution in [1.29, 1.82) is 10.5 Å². The molecule has 0 spiro atoms. The lowest BCUT2D eigenvalue weighted by Crippen LogP contribution is -2.26. The predicted octanol–water partition coefficient (Wildman–Crippen LogP) is 5.06. The molecule has 3 aromatic carbocycles. The summed E-state index contributed by atoms with van der Waals surface area (Å²) in [5, 5.41) is 17.5. The molecule has 0 aliphatic heterocycles. The summed E-state index contributed by atoms with van der Waals surface area (Å²) in [6.07, 6.45) is 1.14. The SMILES string of the molecule is CC(=O)Cc1cccc(C#N)c1.CC(N)C(Cc1ccc(F)cc1)c1cccc(C#N)c1. The number of Topliss-reactive ketones (excluding diaryl/α,β-unsaturated/α-hetero) is 1. The molecular formula is C27H26FN3O. The maximum absolute atomic E-state index is 12.9. The van der Waals surface area contributed by atoms with Gasteiger partial charge >= 0.3 is 0 Å². The first-order valence-electron chi connectivity index (χ1n) is 10.3. The van der Waals surface area contributed by atoms with Crippen LogP contribution in [0.25, 0.3) is 0 Å². The molecule has 2 atom stereocenters. The number of nitrogens with two attached hydrogens (primary N) is 1. The molecule has 2 N–H and O–H groups in total. The Morgan fingerprint density at radius 3 is 2.09 bits per heavy atom. The second-order valence-electron chi connectivity index (χ2n) is 7.72. The molecule has 0 radical (unpaired) electrons. The van der Waals surface area contributed by atoms with E-state index in [1.807, 2.05) is 37.3 Å². The van der Waals surface area contributed by atoms with E-state index in [9.17, 15) is 9.18 Å².